The summed E-state index contributed by atoms with van der Waals surface area (Å²) in [6, 6.07) is 28.6. The van der Waals surface area contributed by atoms with Crippen molar-refractivity contribution in [1.29, 1.82) is 0 Å². The van der Waals surface area contributed by atoms with Gasteiger partial charge in [-0.25, -0.2) is 0 Å². The predicted molar refractivity (Wildman–Crippen MR) is 206 cm³/mol. The van der Waals surface area contributed by atoms with Gasteiger partial charge in [-0.1, -0.05) is 48.5 Å². The van der Waals surface area contributed by atoms with Crippen LogP contribution in [0.2, 0.25) is 0 Å². The molecule has 4 aromatic carbocycles. The number of aliphatic hydroxyl groups is 4. The lowest BCUT2D eigenvalue weighted by Gasteiger charge is -2.30. The molecule has 284 valence electrons. The predicted octanol–water partition coefficient (Wildman–Crippen LogP) is 7.31. The Balaban J connectivity index is 0.000000280. The maximum atomic E-state index is 10.4. The standard InChI is InChI=1S/2C22H30O4/c2*1-15(23)3-8-19(13-17-4-9-20(25)10-5-17)22(16(2)24)14-18-6-11-21(26)12-7-18/h2*4-7,9-12,15-16,19,22-26H,3,8,13-14H2,1-2H3/t15-,16-,19+,22-;15-,16-,19-,22+/m11/s1. The summed E-state index contributed by atoms with van der Waals surface area (Å²) in [5.41, 5.74) is 4.35. The molecule has 0 spiro atoms. The molecule has 8 atom stereocenters. The molecule has 8 N–H and O–H groups in total. The van der Waals surface area contributed by atoms with Crippen LogP contribution >= 0.6 is 0 Å². The monoisotopic (exact) mass is 716 g/mol. The van der Waals surface area contributed by atoms with Gasteiger partial charge in [0.2, 0.25) is 0 Å². The largest absolute Gasteiger partial charge is 0.508 e. The summed E-state index contributed by atoms with van der Waals surface area (Å²) in [5, 5.41) is 78.2. The van der Waals surface area contributed by atoms with Crippen LogP contribution < -0.4 is 0 Å². The summed E-state index contributed by atoms with van der Waals surface area (Å²) in [6.45, 7) is 7.21. The lowest BCUT2D eigenvalue weighted by molar-refractivity contribution is 0.0751. The molecule has 0 aliphatic heterocycles. The lowest BCUT2D eigenvalue weighted by Crippen LogP contribution is -2.30. The Morgan fingerprint density at radius 3 is 0.788 bits per heavy atom. The zero-order valence-electron chi connectivity index (χ0n) is 31.1. The van der Waals surface area contributed by atoms with Gasteiger partial charge in [0, 0.05) is 0 Å². The van der Waals surface area contributed by atoms with Crippen LogP contribution in [-0.2, 0) is 25.7 Å². The minimum atomic E-state index is -0.486. The molecule has 0 aliphatic rings. The quantitative estimate of drug-likeness (QED) is 0.0532. The average Bonchev–Trinajstić information content (AvgIpc) is 3.10. The van der Waals surface area contributed by atoms with Crippen molar-refractivity contribution in [3.63, 3.8) is 0 Å². The highest BCUT2D eigenvalue weighted by Gasteiger charge is 2.28. The van der Waals surface area contributed by atoms with Gasteiger partial charge in [0.05, 0.1) is 24.4 Å². The highest BCUT2D eigenvalue weighted by Crippen LogP contribution is 2.32. The Morgan fingerprint density at radius 2 is 0.577 bits per heavy atom. The van der Waals surface area contributed by atoms with Crippen LogP contribution in [-0.4, -0.2) is 65.3 Å². The van der Waals surface area contributed by atoms with Crippen molar-refractivity contribution in [3.05, 3.63) is 119 Å². The fourth-order valence-corrected chi connectivity index (χ4v) is 6.99. The fourth-order valence-electron chi connectivity index (χ4n) is 6.99. The Morgan fingerprint density at radius 1 is 0.346 bits per heavy atom. The van der Waals surface area contributed by atoms with Gasteiger partial charge in [-0.3, -0.25) is 0 Å². The van der Waals surface area contributed by atoms with E-state index in [4.69, 9.17) is 0 Å². The van der Waals surface area contributed by atoms with Gasteiger partial charge in [-0.15, -0.1) is 0 Å². The smallest absolute Gasteiger partial charge is 0.115 e. The van der Waals surface area contributed by atoms with Gasteiger partial charge in [-0.05, 0) is 174 Å². The number of aliphatic hydroxyl groups excluding tert-OH is 4. The zero-order chi connectivity index (χ0) is 38.2. The van der Waals surface area contributed by atoms with E-state index in [1.807, 2.05) is 62.4 Å². The van der Waals surface area contributed by atoms with E-state index in [1.165, 1.54) is 0 Å². The number of benzene rings is 4. The van der Waals surface area contributed by atoms with Gasteiger partial charge >= 0.3 is 0 Å². The molecule has 0 saturated heterocycles. The van der Waals surface area contributed by atoms with E-state index in [1.54, 1.807) is 62.4 Å². The summed E-state index contributed by atoms with van der Waals surface area (Å²) in [6.07, 6.45) is 4.24. The number of hydrogen-bond acceptors (Lipinski definition) is 8. The molecule has 0 aliphatic carbocycles. The number of phenolic OH excluding ortho intramolecular Hbond substituents is 4. The van der Waals surface area contributed by atoms with Gasteiger partial charge < -0.3 is 40.9 Å². The first-order valence-electron chi connectivity index (χ1n) is 18.5. The van der Waals surface area contributed by atoms with Crippen molar-refractivity contribution in [2.24, 2.45) is 23.7 Å². The first-order valence-corrected chi connectivity index (χ1v) is 18.5. The maximum absolute atomic E-state index is 10.4. The zero-order valence-corrected chi connectivity index (χ0v) is 31.1. The van der Waals surface area contributed by atoms with Crippen molar-refractivity contribution < 1.29 is 40.9 Å². The molecule has 4 aromatic rings. The first kappa shape index (κ1) is 42.3. The summed E-state index contributed by atoms with van der Waals surface area (Å²) in [4.78, 5) is 0. The van der Waals surface area contributed by atoms with Gasteiger partial charge in [-0.2, -0.15) is 0 Å². The van der Waals surface area contributed by atoms with Crippen LogP contribution in [0.15, 0.2) is 97.1 Å². The Bertz CT molecular complexity index is 1410. The summed E-state index contributed by atoms with van der Waals surface area (Å²) in [5.74, 6) is 1.41. The summed E-state index contributed by atoms with van der Waals surface area (Å²) >= 11 is 0. The second kappa shape index (κ2) is 21.4. The normalized spacial score (nSPS) is 16.0. The number of hydrogen-bond donors (Lipinski definition) is 8. The molecule has 0 amide bonds. The topological polar surface area (TPSA) is 162 Å². The van der Waals surface area contributed by atoms with Crippen molar-refractivity contribution in [2.45, 2.75) is 103 Å². The van der Waals surface area contributed by atoms with Crippen LogP contribution in [0.5, 0.6) is 23.0 Å². The third-order valence-corrected chi connectivity index (χ3v) is 10.0. The van der Waals surface area contributed by atoms with E-state index in [9.17, 15) is 40.9 Å². The van der Waals surface area contributed by atoms with E-state index < -0.39 is 12.2 Å². The summed E-state index contributed by atoms with van der Waals surface area (Å²) in [7, 11) is 0. The van der Waals surface area contributed by atoms with E-state index >= 15 is 0 Å². The number of aromatic hydroxyl groups is 4. The molecule has 0 aromatic heterocycles. The molecule has 52 heavy (non-hydrogen) atoms. The van der Waals surface area contributed by atoms with Gasteiger partial charge in [0.1, 0.15) is 23.0 Å². The molecule has 0 heterocycles. The SMILES string of the molecule is C[C@@H](O)CC[C@@H](Cc1ccc(O)cc1)[C@H](Cc1ccc(O)cc1)[C@@H](C)O.C[C@@H](O)CC[C@H](Cc1ccc(O)cc1)[C@@H](Cc1ccc(O)cc1)[C@@H](C)O. The Hall–Kier alpha value is -4.08. The van der Waals surface area contributed by atoms with Gasteiger partial charge in [0.25, 0.3) is 0 Å². The van der Waals surface area contributed by atoms with Gasteiger partial charge in [0.15, 0.2) is 0 Å². The van der Waals surface area contributed by atoms with E-state index in [-0.39, 0.29) is 58.9 Å². The van der Waals surface area contributed by atoms with Crippen LogP contribution in [0.3, 0.4) is 0 Å². The third kappa shape index (κ3) is 15.3. The Labute approximate surface area is 309 Å². The number of rotatable bonds is 18. The van der Waals surface area contributed by atoms with Crippen LogP contribution in [0, 0.1) is 23.7 Å². The molecular formula is C44H60O8. The lowest BCUT2D eigenvalue weighted by atomic mass is 9.77. The maximum Gasteiger partial charge on any atom is 0.115 e. The van der Waals surface area contributed by atoms with E-state index in [2.05, 4.69) is 0 Å². The molecular weight excluding hydrogens is 656 g/mol. The average molecular weight is 717 g/mol. The molecule has 8 heteroatoms. The molecule has 4 rings (SSSR count). The fraction of sp³-hybridized carbons (Fsp3) is 0.455. The minimum Gasteiger partial charge on any atom is -0.508 e. The second-order valence-corrected chi connectivity index (χ2v) is 14.7. The van der Waals surface area contributed by atoms with Crippen molar-refractivity contribution >= 4 is 0 Å². The summed E-state index contributed by atoms with van der Waals surface area (Å²) < 4.78 is 0. The highest BCUT2D eigenvalue weighted by molar-refractivity contribution is 5.29. The van der Waals surface area contributed by atoms with E-state index in [0.717, 1.165) is 47.9 Å². The first-order chi connectivity index (χ1) is 24.7. The molecule has 0 bridgehead atoms. The van der Waals surface area contributed by atoms with Crippen molar-refractivity contribution in [1.82, 2.24) is 0 Å². The molecule has 8 nitrogen and oxygen atoms in total. The highest BCUT2D eigenvalue weighted by atomic mass is 16.3. The van der Waals surface area contributed by atoms with Crippen molar-refractivity contribution in [2.75, 3.05) is 0 Å². The van der Waals surface area contributed by atoms with Crippen LogP contribution in [0.25, 0.3) is 0 Å². The Kier molecular flexibility index (Phi) is 17.5. The second-order valence-electron chi connectivity index (χ2n) is 14.7. The molecule has 0 unspecified atom stereocenters. The van der Waals surface area contributed by atoms with Crippen LogP contribution in [0.4, 0.5) is 0 Å². The number of phenols is 4. The molecule has 0 saturated carbocycles. The third-order valence-electron chi connectivity index (χ3n) is 10.0. The minimum absolute atomic E-state index is 0.0343. The molecule has 0 fully saturated rings. The van der Waals surface area contributed by atoms with Crippen LogP contribution in [0.1, 0.15) is 75.6 Å². The molecule has 0 radical (unpaired) electrons. The van der Waals surface area contributed by atoms with Crippen molar-refractivity contribution in [3.8, 4) is 23.0 Å². The van der Waals surface area contributed by atoms with E-state index in [0.29, 0.717) is 25.7 Å².